The molecule has 0 saturated heterocycles. The second-order valence-corrected chi connectivity index (χ2v) is 6.65. The first-order valence-electron chi connectivity index (χ1n) is 5.69. The SMILES string of the molecule is COc1cccc(OC)c1C(Br)c1cc(C)c(Cl)s1. The molecule has 0 aliphatic carbocycles. The summed E-state index contributed by atoms with van der Waals surface area (Å²) in [7, 11) is 3.31. The van der Waals surface area contributed by atoms with Crippen molar-refractivity contribution < 1.29 is 9.47 Å². The zero-order chi connectivity index (χ0) is 14.0. The molecule has 1 unspecified atom stereocenters. The minimum Gasteiger partial charge on any atom is -0.496 e. The number of hydrogen-bond donors (Lipinski definition) is 0. The van der Waals surface area contributed by atoms with Crippen LogP contribution in [0.2, 0.25) is 4.34 Å². The van der Waals surface area contributed by atoms with Crippen LogP contribution in [0.15, 0.2) is 24.3 Å². The van der Waals surface area contributed by atoms with E-state index in [9.17, 15) is 0 Å². The van der Waals surface area contributed by atoms with E-state index in [4.69, 9.17) is 21.1 Å². The van der Waals surface area contributed by atoms with Gasteiger partial charge in [0.25, 0.3) is 0 Å². The van der Waals surface area contributed by atoms with Crippen molar-refractivity contribution in [2.45, 2.75) is 11.8 Å². The fourth-order valence-electron chi connectivity index (χ4n) is 1.88. The largest absolute Gasteiger partial charge is 0.496 e. The molecule has 1 atom stereocenters. The molecule has 19 heavy (non-hydrogen) atoms. The van der Waals surface area contributed by atoms with Crippen LogP contribution in [0, 0.1) is 6.92 Å². The quantitative estimate of drug-likeness (QED) is 0.696. The van der Waals surface area contributed by atoms with E-state index in [1.54, 1.807) is 25.6 Å². The topological polar surface area (TPSA) is 18.5 Å². The van der Waals surface area contributed by atoms with Gasteiger partial charge in [-0.1, -0.05) is 33.6 Å². The van der Waals surface area contributed by atoms with Gasteiger partial charge in [0.1, 0.15) is 11.5 Å². The third kappa shape index (κ3) is 2.91. The zero-order valence-electron chi connectivity index (χ0n) is 10.9. The summed E-state index contributed by atoms with van der Waals surface area (Å²) >= 11 is 11.4. The molecule has 0 fully saturated rings. The molecule has 0 saturated carbocycles. The number of rotatable bonds is 4. The summed E-state index contributed by atoms with van der Waals surface area (Å²) in [5, 5.41) is 0. The van der Waals surface area contributed by atoms with Crippen LogP contribution in [0.5, 0.6) is 11.5 Å². The average molecular weight is 362 g/mol. The van der Waals surface area contributed by atoms with Gasteiger partial charge in [-0.15, -0.1) is 11.3 Å². The Bertz CT molecular complexity index is 541. The molecule has 102 valence electrons. The van der Waals surface area contributed by atoms with Crippen molar-refractivity contribution in [1.29, 1.82) is 0 Å². The number of benzene rings is 1. The van der Waals surface area contributed by atoms with E-state index in [-0.39, 0.29) is 4.83 Å². The van der Waals surface area contributed by atoms with E-state index in [2.05, 4.69) is 22.0 Å². The van der Waals surface area contributed by atoms with Gasteiger partial charge in [0.15, 0.2) is 0 Å². The fraction of sp³-hybridized carbons (Fsp3) is 0.286. The molecule has 1 heterocycles. The maximum absolute atomic E-state index is 6.14. The average Bonchev–Trinajstić information content (AvgIpc) is 2.76. The molecule has 0 amide bonds. The summed E-state index contributed by atoms with van der Waals surface area (Å²) < 4.78 is 11.7. The van der Waals surface area contributed by atoms with Crippen LogP contribution >= 0.6 is 38.9 Å². The molecule has 5 heteroatoms. The number of hydrogen-bond acceptors (Lipinski definition) is 3. The Morgan fingerprint density at radius 2 is 1.79 bits per heavy atom. The van der Waals surface area contributed by atoms with Crippen molar-refractivity contribution in [2.75, 3.05) is 14.2 Å². The first kappa shape index (κ1) is 14.7. The first-order chi connectivity index (χ1) is 9.08. The summed E-state index contributed by atoms with van der Waals surface area (Å²) in [6.45, 7) is 2.00. The second kappa shape index (κ2) is 6.16. The van der Waals surface area contributed by atoms with Crippen LogP contribution in [0.3, 0.4) is 0 Å². The number of methoxy groups -OCH3 is 2. The van der Waals surface area contributed by atoms with Gasteiger partial charge in [-0.2, -0.15) is 0 Å². The van der Waals surface area contributed by atoms with Gasteiger partial charge in [0.2, 0.25) is 0 Å². The van der Waals surface area contributed by atoms with Gasteiger partial charge in [0.05, 0.1) is 28.9 Å². The molecular weight excluding hydrogens is 348 g/mol. The Morgan fingerprint density at radius 1 is 1.21 bits per heavy atom. The Kier molecular flexibility index (Phi) is 4.76. The van der Waals surface area contributed by atoms with Crippen LogP contribution in [-0.2, 0) is 0 Å². The molecule has 0 radical (unpaired) electrons. The Hall–Kier alpha value is -0.710. The molecule has 0 aliphatic heterocycles. The van der Waals surface area contributed by atoms with E-state index in [0.29, 0.717) is 0 Å². The number of thiophene rings is 1. The predicted molar refractivity (Wildman–Crippen MR) is 84.4 cm³/mol. The monoisotopic (exact) mass is 360 g/mol. The standard InChI is InChI=1S/C14H14BrClO2S/c1-8-7-11(19-14(8)16)13(15)12-9(17-2)5-4-6-10(12)18-3/h4-7,13H,1-3H3. The zero-order valence-corrected chi connectivity index (χ0v) is 14.0. The highest BCUT2D eigenvalue weighted by atomic mass is 79.9. The van der Waals surface area contributed by atoms with Crippen LogP contribution in [-0.4, -0.2) is 14.2 Å². The highest BCUT2D eigenvalue weighted by Crippen LogP contribution is 2.45. The molecule has 1 aromatic heterocycles. The summed E-state index contributed by atoms with van der Waals surface area (Å²) in [5.74, 6) is 1.59. The van der Waals surface area contributed by atoms with Gasteiger partial charge >= 0.3 is 0 Å². The minimum absolute atomic E-state index is 0.00481. The van der Waals surface area contributed by atoms with Crippen LogP contribution in [0.4, 0.5) is 0 Å². The lowest BCUT2D eigenvalue weighted by Gasteiger charge is -2.16. The lowest BCUT2D eigenvalue weighted by Crippen LogP contribution is -1.99. The summed E-state index contributed by atoms with van der Waals surface area (Å²) in [4.78, 5) is 1.13. The molecule has 0 N–H and O–H groups in total. The van der Waals surface area contributed by atoms with Gasteiger partial charge in [-0.3, -0.25) is 0 Å². The number of aryl methyl sites for hydroxylation is 1. The van der Waals surface area contributed by atoms with Crippen molar-refractivity contribution in [3.63, 3.8) is 0 Å². The van der Waals surface area contributed by atoms with Crippen LogP contribution < -0.4 is 9.47 Å². The Balaban J connectivity index is 2.50. The number of halogens is 2. The predicted octanol–water partition coefficient (Wildman–Crippen LogP) is 5.21. The highest BCUT2D eigenvalue weighted by molar-refractivity contribution is 9.09. The van der Waals surface area contributed by atoms with Crippen molar-refractivity contribution in [2.24, 2.45) is 0 Å². The molecule has 0 bridgehead atoms. The minimum atomic E-state index is -0.00481. The van der Waals surface area contributed by atoms with Gasteiger partial charge in [-0.25, -0.2) is 0 Å². The fourth-order valence-corrected chi connectivity index (χ4v) is 3.95. The number of alkyl halides is 1. The summed E-state index contributed by atoms with van der Waals surface area (Å²) in [6, 6.07) is 7.84. The molecule has 0 spiro atoms. The third-order valence-corrected chi connectivity index (χ3v) is 5.72. The lowest BCUT2D eigenvalue weighted by molar-refractivity contribution is 0.387. The molecule has 0 aliphatic rings. The van der Waals surface area contributed by atoms with Crippen LogP contribution in [0.1, 0.15) is 20.8 Å². The molecule has 2 nitrogen and oxygen atoms in total. The smallest absolute Gasteiger partial charge is 0.127 e. The van der Waals surface area contributed by atoms with E-state index >= 15 is 0 Å². The normalized spacial score (nSPS) is 12.3. The molecule has 1 aromatic carbocycles. The Labute approximate surface area is 130 Å². The van der Waals surface area contributed by atoms with E-state index in [1.807, 2.05) is 25.1 Å². The second-order valence-electron chi connectivity index (χ2n) is 4.04. The van der Waals surface area contributed by atoms with E-state index in [1.165, 1.54) is 0 Å². The van der Waals surface area contributed by atoms with E-state index < -0.39 is 0 Å². The molecule has 2 rings (SSSR count). The highest BCUT2D eigenvalue weighted by Gasteiger charge is 2.22. The van der Waals surface area contributed by atoms with Gasteiger partial charge in [0, 0.05) is 4.88 Å². The van der Waals surface area contributed by atoms with Gasteiger partial charge < -0.3 is 9.47 Å². The molecular formula is C14H14BrClO2S. The first-order valence-corrected chi connectivity index (χ1v) is 7.80. The van der Waals surface area contributed by atoms with Crippen molar-refractivity contribution in [1.82, 2.24) is 0 Å². The number of ether oxygens (including phenoxy) is 2. The van der Waals surface area contributed by atoms with E-state index in [0.717, 1.165) is 31.8 Å². The van der Waals surface area contributed by atoms with Crippen molar-refractivity contribution in [3.8, 4) is 11.5 Å². The van der Waals surface area contributed by atoms with Gasteiger partial charge in [-0.05, 0) is 30.7 Å². The summed E-state index contributed by atoms with van der Waals surface area (Å²) in [5.41, 5.74) is 2.06. The maximum Gasteiger partial charge on any atom is 0.127 e. The lowest BCUT2D eigenvalue weighted by atomic mass is 10.1. The van der Waals surface area contributed by atoms with Crippen molar-refractivity contribution in [3.05, 3.63) is 44.6 Å². The van der Waals surface area contributed by atoms with Crippen molar-refractivity contribution >= 4 is 38.9 Å². The van der Waals surface area contributed by atoms with Crippen LogP contribution in [0.25, 0.3) is 0 Å². The summed E-state index contributed by atoms with van der Waals surface area (Å²) in [6.07, 6.45) is 0. The maximum atomic E-state index is 6.14. The Morgan fingerprint density at radius 3 is 2.21 bits per heavy atom. The third-order valence-electron chi connectivity index (χ3n) is 2.85. The molecule has 2 aromatic rings.